The third-order valence-corrected chi connectivity index (χ3v) is 2.83. The molecule has 4 nitrogen and oxygen atoms in total. The van der Waals surface area contributed by atoms with Gasteiger partial charge in [-0.05, 0) is 17.2 Å². The molecule has 0 spiro atoms. The maximum Gasteiger partial charge on any atom is 0.340 e. The summed E-state index contributed by atoms with van der Waals surface area (Å²) in [7, 11) is 1.46. The average Bonchev–Trinajstić information content (AvgIpc) is 2.45. The van der Waals surface area contributed by atoms with Crippen LogP contribution in [-0.2, 0) is 0 Å². The second-order valence-electron chi connectivity index (χ2n) is 4.16. The van der Waals surface area contributed by atoms with Crippen molar-refractivity contribution in [1.82, 2.24) is 0 Å². The number of ether oxygens (including phenoxy) is 1. The van der Waals surface area contributed by atoms with E-state index in [1.807, 2.05) is 30.3 Å². The Balaban J connectivity index is 2.46. The third-order valence-electron chi connectivity index (χ3n) is 2.83. The number of carboxylic acid groups (broad SMARTS) is 1. The molecule has 0 radical (unpaired) electrons. The van der Waals surface area contributed by atoms with Gasteiger partial charge in [0, 0.05) is 6.07 Å². The first-order chi connectivity index (χ1) is 9.61. The van der Waals surface area contributed by atoms with E-state index in [1.165, 1.54) is 13.2 Å². The lowest BCUT2D eigenvalue weighted by atomic mass is 10.0. The van der Waals surface area contributed by atoms with Crippen LogP contribution in [0.15, 0.2) is 42.5 Å². The van der Waals surface area contributed by atoms with E-state index in [9.17, 15) is 15.0 Å². The number of aromatic hydroxyl groups is 1. The fourth-order valence-electron chi connectivity index (χ4n) is 1.85. The van der Waals surface area contributed by atoms with E-state index in [0.29, 0.717) is 11.3 Å². The zero-order valence-corrected chi connectivity index (χ0v) is 10.9. The minimum Gasteiger partial charge on any atom is -0.507 e. The van der Waals surface area contributed by atoms with Gasteiger partial charge in [0.1, 0.15) is 17.1 Å². The Labute approximate surface area is 116 Å². The molecule has 2 N–H and O–H groups in total. The summed E-state index contributed by atoms with van der Waals surface area (Å²) >= 11 is 0. The normalized spacial score (nSPS) is 10.7. The maximum absolute atomic E-state index is 11.2. The van der Waals surface area contributed by atoms with Gasteiger partial charge >= 0.3 is 5.97 Å². The second-order valence-corrected chi connectivity index (χ2v) is 4.16. The molecule has 20 heavy (non-hydrogen) atoms. The van der Waals surface area contributed by atoms with Crippen molar-refractivity contribution in [1.29, 1.82) is 0 Å². The second kappa shape index (κ2) is 5.93. The molecule has 0 aromatic heterocycles. The average molecular weight is 270 g/mol. The van der Waals surface area contributed by atoms with Crippen LogP contribution in [-0.4, -0.2) is 23.3 Å². The number of benzene rings is 2. The Morgan fingerprint density at radius 3 is 2.45 bits per heavy atom. The van der Waals surface area contributed by atoms with Crippen LogP contribution in [0.3, 0.4) is 0 Å². The first kappa shape index (κ1) is 13.7. The molecule has 0 aliphatic heterocycles. The molecular formula is C16H14O4. The van der Waals surface area contributed by atoms with Gasteiger partial charge in [-0.25, -0.2) is 4.79 Å². The molecule has 0 amide bonds. The van der Waals surface area contributed by atoms with Crippen LogP contribution in [0.1, 0.15) is 21.5 Å². The Hall–Kier alpha value is -2.75. The van der Waals surface area contributed by atoms with Crippen molar-refractivity contribution in [2.24, 2.45) is 0 Å². The predicted molar refractivity (Wildman–Crippen MR) is 77.0 cm³/mol. The van der Waals surface area contributed by atoms with Gasteiger partial charge in [-0.1, -0.05) is 42.5 Å². The summed E-state index contributed by atoms with van der Waals surface area (Å²) in [6.07, 6.45) is 3.42. The summed E-state index contributed by atoms with van der Waals surface area (Å²) in [5.41, 5.74) is 1.18. The summed E-state index contributed by atoms with van der Waals surface area (Å²) in [6, 6.07) is 12.3. The summed E-state index contributed by atoms with van der Waals surface area (Å²) in [4.78, 5) is 11.2. The van der Waals surface area contributed by atoms with Crippen molar-refractivity contribution in [3.63, 3.8) is 0 Å². The number of hydrogen-bond acceptors (Lipinski definition) is 3. The van der Waals surface area contributed by atoms with Crippen LogP contribution in [0.4, 0.5) is 0 Å². The molecule has 0 heterocycles. The predicted octanol–water partition coefficient (Wildman–Crippen LogP) is 3.27. The molecule has 0 unspecified atom stereocenters. The van der Waals surface area contributed by atoms with Gasteiger partial charge in [0.2, 0.25) is 0 Å². The molecule has 0 saturated heterocycles. The smallest absolute Gasteiger partial charge is 0.340 e. The molecule has 0 aliphatic carbocycles. The van der Waals surface area contributed by atoms with Gasteiger partial charge in [-0.15, -0.1) is 0 Å². The van der Waals surface area contributed by atoms with Gasteiger partial charge < -0.3 is 14.9 Å². The first-order valence-electron chi connectivity index (χ1n) is 5.99. The van der Waals surface area contributed by atoms with E-state index in [1.54, 1.807) is 18.2 Å². The zero-order chi connectivity index (χ0) is 14.5. The van der Waals surface area contributed by atoms with Crippen LogP contribution in [0.5, 0.6) is 11.5 Å². The summed E-state index contributed by atoms with van der Waals surface area (Å²) in [5, 5.41) is 18.9. The number of carboxylic acids is 1. The summed E-state index contributed by atoms with van der Waals surface area (Å²) in [5.74, 6) is -1.09. The largest absolute Gasteiger partial charge is 0.507 e. The Bertz CT molecular complexity index is 645. The molecule has 4 heteroatoms. The van der Waals surface area contributed by atoms with Crippen molar-refractivity contribution < 1.29 is 19.7 Å². The minimum atomic E-state index is -1.18. The summed E-state index contributed by atoms with van der Waals surface area (Å²) < 4.78 is 5.04. The van der Waals surface area contributed by atoms with Gasteiger partial charge in [0.05, 0.1) is 7.11 Å². The number of aromatic carboxylic acids is 1. The van der Waals surface area contributed by atoms with E-state index >= 15 is 0 Å². The number of carbonyl (C=O) groups is 1. The maximum atomic E-state index is 11.2. The molecule has 0 aliphatic rings. The van der Waals surface area contributed by atoms with Gasteiger partial charge in [-0.3, -0.25) is 0 Å². The fraction of sp³-hybridized carbons (Fsp3) is 0.0625. The number of methoxy groups -OCH3 is 1. The van der Waals surface area contributed by atoms with E-state index in [-0.39, 0.29) is 11.3 Å². The molecule has 0 bridgehead atoms. The lowest BCUT2D eigenvalue weighted by molar-refractivity contribution is 0.0693. The molecule has 102 valence electrons. The first-order valence-corrected chi connectivity index (χ1v) is 5.99. The van der Waals surface area contributed by atoms with Gasteiger partial charge in [0.25, 0.3) is 0 Å². The third kappa shape index (κ3) is 2.98. The topological polar surface area (TPSA) is 66.8 Å². The lowest BCUT2D eigenvalue weighted by Crippen LogP contribution is -2.01. The molecular weight excluding hydrogens is 256 g/mol. The number of hydrogen-bond donors (Lipinski definition) is 2. The Morgan fingerprint density at radius 1 is 1.15 bits per heavy atom. The highest BCUT2D eigenvalue weighted by atomic mass is 16.5. The summed E-state index contributed by atoms with van der Waals surface area (Å²) in [6.45, 7) is 0. The molecule has 0 saturated carbocycles. The Morgan fingerprint density at radius 2 is 1.85 bits per heavy atom. The molecule has 0 fully saturated rings. The highest BCUT2D eigenvalue weighted by Gasteiger charge is 2.15. The highest BCUT2D eigenvalue weighted by Crippen LogP contribution is 2.29. The van der Waals surface area contributed by atoms with Crippen molar-refractivity contribution in [3.05, 3.63) is 59.2 Å². The van der Waals surface area contributed by atoms with Crippen molar-refractivity contribution in [3.8, 4) is 11.5 Å². The Kier molecular flexibility index (Phi) is 4.05. The fourth-order valence-corrected chi connectivity index (χ4v) is 1.85. The van der Waals surface area contributed by atoms with Crippen molar-refractivity contribution in [2.45, 2.75) is 0 Å². The number of rotatable bonds is 4. The number of phenols is 1. The molecule has 2 rings (SSSR count). The lowest BCUT2D eigenvalue weighted by Gasteiger charge is -2.07. The molecule has 0 atom stereocenters. The van der Waals surface area contributed by atoms with Crippen molar-refractivity contribution in [2.75, 3.05) is 7.11 Å². The van der Waals surface area contributed by atoms with Crippen molar-refractivity contribution >= 4 is 18.1 Å². The van der Waals surface area contributed by atoms with Crippen LogP contribution >= 0.6 is 0 Å². The van der Waals surface area contributed by atoms with Crippen LogP contribution in [0.25, 0.3) is 12.2 Å². The van der Waals surface area contributed by atoms with E-state index in [4.69, 9.17) is 4.74 Å². The van der Waals surface area contributed by atoms with Crippen LogP contribution < -0.4 is 4.74 Å². The quantitative estimate of drug-likeness (QED) is 0.837. The van der Waals surface area contributed by atoms with Gasteiger partial charge in [-0.2, -0.15) is 0 Å². The standard InChI is InChI=1S/C16H14O4/c1-20-13-9-12(15(16(18)19)14(17)10-13)8-7-11-5-3-2-4-6-11/h2-10,17H,1H3,(H,18,19). The van der Waals surface area contributed by atoms with Crippen LogP contribution in [0, 0.1) is 0 Å². The monoisotopic (exact) mass is 270 g/mol. The highest BCUT2D eigenvalue weighted by molar-refractivity contribution is 5.96. The van der Waals surface area contributed by atoms with Crippen LogP contribution in [0.2, 0.25) is 0 Å². The van der Waals surface area contributed by atoms with Gasteiger partial charge in [0.15, 0.2) is 0 Å². The molecule has 2 aromatic rings. The van der Waals surface area contributed by atoms with E-state index in [0.717, 1.165) is 5.56 Å². The van der Waals surface area contributed by atoms with E-state index in [2.05, 4.69) is 0 Å². The SMILES string of the molecule is COc1cc(O)c(C(=O)O)c(C=Cc2ccccc2)c1. The zero-order valence-electron chi connectivity index (χ0n) is 10.9. The minimum absolute atomic E-state index is 0.141. The molecule has 2 aromatic carbocycles. The van der Waals surface area contributed by atoms with E-state index < -0.39 is 5.97 Å².